The maximum atomic E-state index is 13.2. The number of carbonyl (C=O) groups excluding carboxylic acids is 1. The second-order valence-electron chi connectivity index (χ2n) is 5.77. The monoisotopic (exact) mass is 329 g/mol. The average molecular weight is 329 g/mol. The van der Waals surface area contributed by atoms with E-state index in [-0.39, 0.29) is 17.8 Å². The van der Waals surface area contributed by atoms with Crippen molar-refractivity contribution in [3.63, 3.8) is 0 Å². The number of hydrogen-bond acceptors (Lipinski definition) is 3. The van der Waals surface area contributed by atoms with Crippen LogP contribution in [0, 0.1) is 5.82 Å². The number of ether oxygens (including phenoxy) is 2. The van der Waals surface area contributed by atoms with Crippen molar-refractivity contribution in [1.82, 2.24) is 4.90 Å². The highest BCUT2D eigenvalue weighted by atomic mass is 19.1. The van der Waals surface area contributed by atoms with Crippen molar-refractivity contribution in [2.45, 2.75) is 18.9 Å². The number of benzene rings is 2. The van der Waals surface area contributed by atoms with E-state index in [1.807, 2.05) is 4.90 Å². The van der Waals surface area contributed by atoms with Crippen molar-refractivity contribution in [1.29, 1.82) is 0 Å². The Morgan fingerprint density at radius 2 is 1.88 bits per heavy atom. The second-order valence-corrected chi connectivity index (χ2v) is 5.77. The molecule has 0 aliphatic carbocycles. The molecule has 1 aliphatic heterocycles. The number of nitrogens with zero attached hydrogens (tertiary/aromatic N) is 1. The van der Waals surface area contributed by atoms with Crippen LogP contribution in [-0.4, -0.2) is 31.6 Å². The fraction of sp³-hybridized carbons (Fsp3) is 0.316. The predicted molar refractivity (Wildman–Crippen MR) is 89.0 cm³/mol. The maximum absolute atomic E-state index is 13.2. The van der Waals surface area contributed by atoms with Gasteiger partial charge in [-0.05, 0) is 48.7 Å². The minimum atomic E-state index is -0.274. The van der Waals surface area contributed by atoms with Gasteiger partial charge in [0.2, 0.25) is 0 Å². The van der Waals surface area contributed by atoms with E-state index < -0.39 is 0 Å². The van der Waals surface area contributed by atoms with Crippen LogP contribution < -0.4 is 9.47 Å². The van der Waals surface area contributed by atoms with Gasteiger partial charge in [0.25, 0.3) is 5.91 Å². The van der Waals surface area contributed by atoms with Crippen molar-refractivity contribution in [3.05, 3.63) is 59.4 Å². The Kier molecular flexibility index (Phi) is 4.69. The van der Waals surface area contributed by atoms with Gasteiger partial charge < -0.3 is 14.4 Å². The normalized spacial score (nSPS) is 17.0. The third-order valence-electron chi connectivity index (χ3n) is 4.41. The van der Waals surface area contributed by atoms with Gasteiger partial charge in [0.15, 0.2) is 0 Å². The summed E-state index contributed by atoms with van der Waals surface area (Å²) in [7, 11) is 3.10. The Bertz CT molecular complexity index is 730. The van der Waals surface area contributed by atoms with E-state index in [1.54, 1.807) is 44.6 Å². The lowest BCUT2D eigenvalue weighted by atomic mass is 10.0. The summed E-state index contributed by atoms with van der Waals surface area (Å²) < 4.78 is 23.7. The molecule has 1 saturated heterocycles. The number of rotatable bonds is 4. The Balaban J connectivity index is 1.92. The summed E-state index contributed by atoms with van der Waals surface area (Å²) in [6.07, 6.45) is 1.78. The Labute approximate surface area is 140 Å². The van der Waals surface area contributed by atoms with Gasteiger partial charge in [0.1, 0.15) is 17.3 Å². The van der Waals surface area contributed by atoms with Gasteiger partial charge in [-0.1, -0.05) is 12.1 Å². The lowest BCUT2D eigenvalue weighted by molar-refractivity contribution is 0.0732. The molecule has 0 N–H and O–H groups in total. The molecular formula is C19H20FNO3. The van der Waals surface area contributed by atoms with Crippen molar-refractivity contribution in [3.8, 4) is 11.5 Å². The molecule has 1 fully saturated rings. The molecule has 0 spiro atoms. The van der Waals surface area contributed by atoms with Gasteiger partial charge >= 0.3 is 0 Å². The topological polar surface area (TPSA) is 38.8 Å². The van der Waals surface area contributed by atoms with Crippen LogP contribution in [0.25, 0.3) is 0 Å². The zero-order valence-corrected chi connectivity index (χ0v) is 13.8. The fourth-order valence-electron chi connectivity index (χ4n) is 3.18. The molecule has 1 aliphatic rings. The molecular weight excluding hydrogens is 309 g/mol. The van der Waals surface area contributed by atoms with Gasteiger partial charge in [-0.15, -0.1) is 0 Å². The molecule has 1 heterocycles. The SMILES string of the molecule is COc1ccc(OC)c(C(=O)N2CCCC2c2ccc(F)cc2)c1. The molecule has 2 aromatic rings. The first kappa shape index (κ1) is 16.3. The summed E-state index contributed by atoms with van der Waals surface area (Å²) in [5.74, 6) is 0.754. The first-order valence-corrected chi connectivity index (χ1v) is 7.92. The molecule has 24 heavy (non-hydrogen) atoms. The van der Waals surface area contributed by atoms with Crippen LogP contribution in [0.15, 0.2) is 42.5 Å². The summed E-state index contributed by atoms with van der Waals surface area (Å²) in [5, 5.41) is 0. The van der Waals surface area contributed by atoms with E-state index >= 15 is 0 Å². The molecule has 0 aromatic heterocycles. The van der Waals surface area contributed by atoms with Crippen LogP contribution in [-0.2, 0) is 0 Å². The lowest BCUT2D eigenvalue weighted by Crippen LogP contribution is -2.30. The quantitative estimate of drug-likeness (QED) is 0.856. The lowest BCUT2D eigenvalue weighted by Gasteiger charge is -2.26. The molecule has 126 valence electrons. The Morgan fingerprint density at radius 1 is 1.12 bits per heavy atom. The van der Waals surface area contributed by atoms with E-state index in [2.05, 4.69) is 0 Å². The number of halogens is 1. The average Bonchev–Trinajstić information content (AvgIpc) is 3.10. The smallest absolute Gasteiger partial charge is 0.258 e. The summed E-state index contributed by atoms with van der Waals surface area (Å²) >= 11 is 0. The molecule has 4 nitrogen and oxygen atoms in total. The standard InChI is InChI=1S/C19H20FNO3/c1-23-15-9-10-18(24-2)16(12-15)19(22)21-11-3-4-17(21)13-5-7-14(20)8-6-13/h5-10,12,17H,3-4,11H2,1-2H3. The first-order valence-electron chi connectivity index (χ1n) is 7.92. The Hall–Kier alpha value is -2.56. The van der Waals surface area contributed by atoms with E-state index in [4.69, 9.17) is 9.47 Å². The second kappa shape index (κ2) is 6.91. The van der Waals surface area contributed by atoms with Crippen LogP contribution in [0.4, 0.5) is 4.39 Å². The minimum absolute atomic E-state index is 0.0472. The summed E-state index contributed by atoms with van der Waals surface area (Å²) in [6, 6.07) is 11.5. The van der Waals surface area contributed by atoms with Crippen LogP contribution in [0.2, 0.25) is 0 Å². The first-order chi connectivity index (χ1) is 11.6. The summed E-state index contributed by atoms with van der Waals surface area (Å²) in [4.78, 5) is 14.9. The van der Waals surface area contributed by atoms with Crippen molar-refractivity contribution in [2.24, 2.45) is 0 Å². The van der Waals surface area contributed by atoms with Gasteiger partial charge in [-0.25, -0.2) is 4.39 Å². The number of amides is 1. The van der Waals surface area contributed by atoms with Crippen LogP contribution >= 0.6 is 0 Å². The van der Waals surface area contributed by atoms with E-state index in [1.165, 1.54) is 12.1 Å². The third-order valence-corrected chi connectivity index (χ3v) is 4.41. The maximum Gasteiger partial charge on any atom is 0.258 e. The highest BCUT2D eigenvalue weighted by molar-refractivity contribution is 5.97. The number of hydrogen-bond donors (Lipinski definition) is 0. The van der Waals surface area contributed by atoms with E-state index in [9.17, 15) is 9.18 Å². The molecule has 0 bridgehead atoms. The van der Waals surface area contributed by atoms with Crippen LogP contribution in [0.1, 0.15) is 34.8 Å². The molecule has 1 atom stereocenters. The van der Waals surface area contributed by atoms with Gasteiger partial charge in [0.05, 0.1) is 25.8 Å². The van der Waals surface area contributed by atoms with E-state index in [0.717, 1.165) is 18.4 Å². The Morgan fingerprint density at radius 3 is 2.54 bits per heavy atom. The van der Waals surface area contributed by atoms with Crippen LogP contribution in [0.3, 0.4) is 0 Å². The largest absolute Gasteiger partial charge is 0.497 e. The molecule has 1 unspecified atom stereocenters. The molecule has 0 saturated carbocycles. The molecule has 3 rings (SSSR count). The van der Waals surface area contributed by atoms with E-state index in [0.29, 0.717) is 23.6 Å². The van der Waals surface area contributed by atoms with Crippen molar-refractivity contribution < 1.29 is 18.7 Å². The summed E-state index contributed by atoms with van der Waals surface area (Å²) in [5.41, 5.74) is 1.43. The number of methoxy groups -OCH3 is 2. The van der Waals surface area contributed by atoms with Crippen LogP contribution in [0.5, 0.6) is 11.5 Å². The zero-order valence-electron chi connectivity index (χ0n) is 13.8. The highest BCUT2D eigenvalue weighted by Crippen LogP contribution is 2.35. The summed E-state index contributed by atoms with van der Waals surface area (Å²) in [6.45, 7) is 0.668. The fourth-order valence-corrected chi connectivity index (χ4v) is 3.18. The highest BCUT2D eigenvalue weighted by Gasteiger charge is 2.32. The molecule has 2 aromatic carbocycles. The zero-order chi connectivity index (χ0) is 17.1. The molecule has 5 heteroatoms. The van der Waals surface area contributed by atoms with Gasteiger partial charge in [-0.2, -0.15) is 0 Å². The van der Waals surface area contributed by atoms with Crippen molar-refractivity contribution in [2.75, 3.05) is 20.8 Å². The van der Waals surface area contributed by atoms with Crippen molar-refractivity contribution >= 4 is 5.91 Å². The number of likely N-dealkylation sites (tertiary alicyclic amines) is 1. The number of carbonyl (C=O) groups is 1. The predicted octanol–water partition coefficient (Wildman–Crippen LogP) is 3.82. The third kappa shape index (κ3) is 3.07. The molecule has 0 radical (unpaired) electrons. The minimum Gasteiger partial charge on any atom is -0.497 e. The molecule has 1 amide bonds. The van der Waals surface area contributed by atoms with Gasteiger partial charge in [0, 0.05) is 6.54 Å². The van der Waals surface area contributed by atoms with Gasteiger partial charge in [-0.3, -0.25) is 4.79 Å².